The maximum Gasteiger partial charge on any atom is 0.273 e. The molecule has 0 radical (unpaired) electrons. The maximum atomic E-state index is 12.1. The first-order valence-corrected chi connectivity index (χ1v) is 8.45. The lowest BCUT2D eigenvalue weighted by Crippen LogP contribution is -2.26. The van der Waals surface area contributed by atoms with Gasteiger partial charge in [0.25, 0.3) is 5.91 Å². The molecule has 1 amide bonds. The van der Waals surface area contributed by atoms with Crippen LogP contribution < -0.4 is 10.1 Å². The molecule has 8 nitrogen and oxygen atoms in total. The second kappa shape index (κ2) is 7.69. The Bertz CT molecular complexity index is 1040. The van der Waals surface area contributed by atoms with Crippen LogP contribution in [0, 0.1) is 0 Å². The van der Waals surface area contributed by atoms with Crippen molar-refractivity contribution in [3.63, 3.8) is 0 Å². The molecule has 136 valence electrons. The molecular formula is C19H17N5O3. The molecule has 0 aliphatic heterocycles. The standard InChI is InChI=1S/C19H17N5O3/c25-19(22-7-4-14-9-21-12-23-14)16-10-27-18(24-16)11-26-17-3-1-2-13-8-20-6-5-15(13)17/h1-3,5-6,8-10,12H,4,7,11H2,(H,21,23)(H,22,25). The topological polar surface area (TPSA) is 106 Å². The van der Waals surface area contributed by atoms with Crippen LogP contribution in [0.25, 0.3) is 10.8 Å². The van der Waals surface area contributed by atoms with Crippen molar-refractivity contribution in [1.82, 2.24) is 25.3 Å². The van der Waals surface area contributed by atoms with Gasteiger partial charge in [-0.3, -0.25) is 9.78 Å². The summed E-state index contributed by atoms with van der Waals surface area (Å²) in [7, 11) is 0. The number of fused-ring (bicyclic) bond motifs is 1. The molecule has 0 atom stereocenters. The van der Waals surface area contributed by atoms with Gasteiger partial charge < -0.3 is 19.5 Å². The number of pyridine rings is 1. The van der Waals surface area contributed by atoms with Gasteiger partial charge in [0.15, 0.2) is 12.3 Å². The van der Waals surface area contributed by atoms with Crippen LogP contribution in [-0.4, -0.2) is 32.4 Å². The fourth-order valence-electron chi connectivity index (χ4n) is 2.66. The molecule has 0 bridgehead atoms. The molecule has 4 aromatic rings. The Hall–Kier alpha value is -3.68. The highest BCUT2D eigenvalue weighted by Crippen LogP contribution is 2.25. The predicted molar refractivity (Wildman–Crippen MR) is 97.2 cm³/mol. The first-order chi connectivity index (χ1) is 13.3. The van der Waals surface area contributed by atoms with E-state index < -0.39 is 0 Å². The summed E-state index contributed by atoms with van der Waals surface area (Å²) in [6.45, 7) is 0.604. The number of amides is 1. The van der Waals surface area contributed by atoms with E-state index in [2.05, 4.69) is 25.3 Å². The van der Waals surface area contributed by atoms with Gasteiger partial charge in [-0.05, 0) is 12.1 Å². The van der Waals surface area contributed by atoms with Crippen molar-refractivity contribution in [3.05, 3.63) is 72.7 Å². The molecule has 0 unspecified atom stereocenters. The molecule has 4 rings (SSSR count). The molecule has 1 aromatic carbocycles. The minimum absolute atomic E-state index is 0.128. The van der Waals surface area contributed by atoms with Crippen molar-refractivity contribution >= 4 is 16.7 Å². The molecule has 0 saturated carbocycles. The Labute approximate surface area is 154 Å². The number of benzene rings is 1. The van der Waals surface area contributed by atoms with Crippen LogP contribution in [0.15, 0.2) is 59.9 Å². The number of nitrogens with one attached hydrogen (secondary N) is 2. The summed E-state index contributed by atoms with van der Waals surface area (Å²) in [5, 5.41) is 4.73. The van der Waals surface area contributed by atoms with Gasteiger partial charge in [0, 0.05) is 48.0 Å². The van der Waals surface area contributed by atoms with Crippen LogP contribution in [0.4, 0.5) is 0 Å². The number of aromatic amines is 1. The molecule has 3 aromatic heterocycles. The van der Waals surface area contributed by atoms with Crippen LogP contribution in [0.2, 0.25) is 0 Å². The van der Waals surface area contributed by atoms with E-state index >= 15 is 0 Å². The highest BCUT2D eigenvalue weighted by molar-refractivity contribution is 5.91. The summed E-state index contributed by atoms with van der Waals surface area (Å²) < 4.78 is 11.1. The molecular weight excluding hydrogens is 346 g/mol. The average Bonchev–Trinajstić information content (AvgIpc) is 3.38. The van der Waals surface area contributed by atoms with Gasteiger partial charge in [-0.1, -0.05) is 12.1 Å². The van der Waals surface area contributed by atoms with Crippen molar-refractivity contribution in [2.45, 2.75) is 13.0 Å². The molecule has 0 saturated heterocycles. The fraction of sp³-hybridized carbons (Fsp3) is 0.158. The number of hydrogen-bond acceptors (Lipinski definition) is 6. The smallest absolute Gasteiger partial charge is 0.273 e. The number of carbonyl (C=O) groups is 1. The largest absolute Gasteiger partial charge is 0.483 e. The number of rotatable bonds is 7. The number of ether oxygens (including phenoxy) is 1. The van der Waals surface area contributed by atoms with Crippen LogP contribution >= 0.6 is 0 Å². The van der Waals surface area contributed by atoms with Gasteiger partial charge in [0.05, 0.1) is 6.33 Å². The Balaban J connectivity index is 1.34. The van der Waals surface area contributed by atoms with Crippen molar-refractivity contribution in [2.75, 3.05) is 6.54 Å². The zero-order valence-corrected chi connectivity index (χ0v) is 14.4. The molecule has 0 aliphatic rings. The lowest BCUT2D eigenvalue weighted by Gasteiger charge is -2.06. The van der Waals surface area contributed by atoms with Gasteiger partial charge >= 0.3 is 0 Å². The fourth-order valence-corrected chi connectivity index (χ4v) is 2.66. The highest BCUT2D eigenvalue weighted by atomic mass is 16.5. The van der Waals surface area contributed by atoms with Crippen molar-refractivity contribution in [2.24, 2.45) is 0 Å². The van der Waals surface area contributed by atoms with Crippen LogP contribution in [0.5, 0.6) is 5.75 Å². The molecule has 0 aliphatic carbocycles. The predicted octanol–water partition coefficient (Wildman–Crippen LogP) is 2.50. The lowest BCUT2D eigenvalue weighted by atomic mass is 10.1. The minimum Gasteiger partial charge on any atom is -0.483 e. The Morgan fingerprint density at radius 3 is 3.07 bits per heavy atom. The quantitative estimate of drug-likeness (QED) is 0.522. The number of imidazole rings is 1. The van der Waals surface area contributed by atoms with E-state index in [1.807, 2.05) is 24.3 Å². The van der Waals surface area contributed by atoms with Crippen LogP contribution in [0.1, 0.15) is 22.1 Å². The second-order valence-corrected chi connectivity index (χ2v) is 5.85. The summed E-state index contributed by atoms with van der Waals surface area (Å²) in [6, 6.07) is 7.62. The third-order valence-corrected chi connectivity index (χ3v) is 4.01. The summed E-state index contributed by atoms with van der Waals surface area (Å²) in [6.07, 6.45) is 8.81. The monoisotopic (exact) mass is 363 g/mol. The summed E-state index contributed by atoms with van der Waals surface area (Å²) in [5.74, 6) is 0.749. The van der Waals surface area contributed by atoms with Crippen molar-refractivity contribution in [1.29, 1.82) is 0 Å². The average molecular weight is 363 g/mol. The number of oxazole rings is 1. The normalized spacial score (nSPS) is 10.8. The van der Waals surface area contributed by atoms with Crippen LogP contribution in [0.3, 0.4) is 0 Å². The third kappa shape index (κ3) is 3.95. The van der Waals surface area contributed by atoms with E-state index in [1.165, 1.54) is 6.26 Å². The minimum atomic E-state index is -0.291. The Kier molecular flexibility index (Phi) is 4.78. The van der Waals surface area contributed by atoms with E-state index in [0.717, 1.165) is 16.5 Å². The van der Waals surface area contributed by atoms with E-state index in [4.69, 9.17) is 9.15 Å². The molecule has 3 heterocycles. The van der Waals surface area contributed by atoms with Gasteiger partial charge in [-0.15, -0.1) is 0 Å². The Morgan fingerprint density at radius 2 is 2.19 bits per heavy atom. The molecule has 27 heavy (non-hydrogen) atoms. The first kappa shape index (κ1) is 16.8. The molecule has 2 N–H and O–H groups in total. The molecule has 8 heteroatoms. The SMILES string of the molecule is O=C(NCCc1cnc[nH]1)c1coc(COc2cccc3cnccc23)n1. The van der Waals surface area contributed by atoms with Crippen LogP contribution in [-0.2, 0) is 13.0 Å². The number of H-pyrrole nitrogens is 1. The maximum absolute atomic E-state index is 12.1. The Morgan fingerprint density at radius 1 is 1.22 bits per heavy atom. The summed E-state index contributed by atoms with van der Waals surface area (Å²) in [4.78, 5) is 27.3. The number of aromatic nitrogens is 4. The van der Waals surface area contributed by atoms with Crippen molar-refractivity contribution in [3.8, 4) is 5.75 Å². The van der Waals surface area contributed by atoms with E-state index in [1.54, 1.807) is 24.9 Å². The second-order valence-electron chi connectivity index (χ2n) is 5.85. The van der Waals surface area contributed by atoms with Gasteiger partial charge in [0.1, 0.15) is 12.0 Å². The lowest BCUT2D eigenvalue weighted by molar-refractivity contribution is 0.0949. The van der Waals surface area contributed by atoms with Gasteiger partial charge in [-0.25, -0.2) is 9.97 Å². The highest BCUT2D eigenvalue weighted by Gasteiger charge is 2.13. The van der Waals surface area contributed by atoms with Crippen molar-refractivity contribution < 1.29 is 13.9 Å². The number of hydrogen-bond donors (Lipinski definition) is 2. The molecule has 0 fully saturated rings. The van der Waals surface area contributed by atoms with Gasteiger partial charge in [-0.2, -0.15) is 0 Å². The molecule has 0 spiro atoms. The number of nitrogens with zero attached hydrogens (tertiary/aromatic N) is 3. The summed E-state index contributed by atoms with van der Waals surface area (Å²) >= 11 is 0. The van der Waals surface area contributed by atoms with Gasteiger partial charge in [0.2, 0.25) is 5.89 Å². The zero-order chi connectivity index (χ0) is 18.5. The van der Waals surface area contributed by atoms with E-state index in [0.29, 0.717) is 24.6 Å². The third-order valence-electron chi connectivity index (χ3n) is 4.01. The summed E-state index contributed by atoms with van der Waals surface area (Å²) in [5.41, 5.74) is 1.18. The van der Waals surface area contributed by atoms with E-state index in [-0.39, 0.29) is 18.2 Å². The zero-order valence-electron chi connectivity index (χ0n) is 14.4. The van der Waals surface area contributed by atoms with E-state index in [9.17, 15) is 4.79 Å². The number of carbonyl (C=O) groups excluding carboxylic acids is 1. The first-order valence-electron chi connectivity index (χ1n) is 8.45.